The van der Waals surface area contributed by atoms with E-state index in [2.05, 4.69) is 10.3 Å². The Morgan fingerprint density at radius 1 is 1.30 bits per heavy atom. The average Bonchev–Trinajstić information content (AvgIpc) is 2.88. The average molecular weight is 330 g/mol. The van der Waals surface area contributed by atoms with Gasteiger partial charge < -0.3 is 10.4 Å². The highest BCUT2D eigenvalue weighted by molar-refractivity contribution is 7.22. The monoisotopic (exact) mass is 330 g/mol. The van der Waals surface area contributed by atoms with Crippen LogP contribution >= 0.6 is 11.3 Å². The van der Waals surface area contributed by atoms with Crippen LogP contribution < -0.4 is 5.32 Å². The number of aromatic nitrogens is 1. The van der Waals surface area contributed by atoms with E-state index in [0.717, 1.165) is 21.4 Å². The summed E-state index contributed by atoms with van der Waals surface area (Å²) in [5.74, 6) is -2.41. The van der Waals surface area contributed by atoms with Gasteiger partial charge in [0.1, 0.15) is 0 Å². The van der Waals surface area contributed by atoms with Crippen LogP contribution in [0.4, 0.5) is 5.13 Å². The SMILES string of the molecule is CC1=CC[C@H](C(=O)O)[C@@H](C(=O)Nc2nc3ccc(C)cc3s2)C1. The number of amides is 1. The molecular formula is C17H18N2O3S. The van der Waals surface area contributed by atoms with Crippen LogP contribution in [0.1, 0.15) is 25.3 Å². The molecule has 0 saturated heterocycles. The summed E-state index contributed by atoms with van der Waals surface area (Å²) in [4.78, 5) is 28.3. The number of allylic oxidation sites excluding steroid dienone is 2. The maximum Gasteiger partial charge on any atom is 0.307 e. The van der Waals surface area contributed by atoms with Crippen molar-refractivity contribution in [2.45, 2.75) is 26.7 Å². The van der Waals surface area contributed by atoms with E-state index in [1.165, 1.54) is 11.3 Å². The van der Waals surface area contributed by atoms with Crippen LogP contribution in [0.3, 0.4) is 0 Å². The molecule has 2 N–H and O–H groups in total. The van der Waals surface area contributed by atoms with Crippen LogP contribution in [0.25, 0.3) is 10.2 Å². The molecule has 0 fully saturated rings. The molecule has 2 atom stereocenters. The zero-order chi connectivity index (χ0) is 16.6. The maximum atomic E-state index is 12.5. The van der Waals surface area contributed by atoms with Crippen molar-refractivity contribution in [2.75, 3.05) is 5.32 Å². The molecule has 3 rings (SSSR count). The Morgan fingerprint density at radius 2 is 2.09 bits per heavy atom. The van der Waals surface area contributed by atoms with Gasteiger partial charge in [0.2, 0.25) is 5.91 Å². The second kappa shape index (κ2) is 6.12. The van der Waals surface area contributed by atoms with E-state index in [-0.39, 0.29) is 5.91 Å². The lowest BCUT2D eigenvalue weighted by Crippen LogP contribution is -2.35. The third-order valence-electron chi connectivity index (χ3n) is 4.18. The molecule has 120 valence electrons. The van der Waals surface area contributed by atoms with Gasteiger partial charge in [0.25, 0.3) is 0 Å². The summed E-state index contributed by atoms with van der Waals surface area (Å²) in [6, 6.07) is 5.92. The zero-order valence-electron chi connectivity index (χ0n) is 13.0. The third-order valence-corrected chi connectivity index (χ3v) is 5.11. The fourth-order valence-electron chi connectivity index (χ4n) is 2.90. The predicted molar refractivity (Wildman–Crippen MR) is 90.6 cm³/mol. The van der Waals surface area contributed by atoms with Crippen molar-refractivity contribution < 1.29 is 14.7 Å². The molecule has 6 heteroatoms. The summed E-state index contributed by atoms with van der Waals surface area (Å²) >= 11 is 1.41. The highest BCUT2D eigenvalue weighted by Crippen LogP contribution is 2.32. The number of carbonyl (C=O) groups excluding carboxylic acids is 1. The van der Waals surface area contributed by atoms with Gasteiger partial charge in [-0.3, -0.25) is 9.59 Å². The van der Waals surface area contributed by atoms with Gasteiger partial charge in [-0.25, -0.2) is 4.98 Å². The lowest BCUT2D eigenvalue weighted by molar-refractivity contribution is -0.146. The predicted octanol–water partition coefficient (Wildman–Crippen LogP) is 3.60. The number of carbonyl (C=O) groups is 2. The number of anilines is 1. The first-order valence-electron chi connectivity index (χ1n) is 7.50. The summed E-state index contributed by atoms with van der Waals surface area (Å²) in [7, 11) is 0. The lowest BCUT2D eigenvalue weighted by Gasteiger charge is -2.26. The molecular weight excluding hydrogens is 312 g/mol. The van der Waals surface area contributed by atoms with Crippen molar-refractivity contribution in [3.05, 3.63) is 35.4 Å². The maximum absolute atomic E-state index is 12.5. The fraction of sp³-hybridized carbons (Fsp3) is 0.353. The van der Waals surface area contributed by atoms with Crippen molar-refractivity contribution in [1.82, 2.24) is 4.98 Å². The topological polar surface area (TPSA) is 79.3 Å². The second-order valence-electron chi connectivity index (χ2n) is 6.02. The molecule has 1 aromatic heterocycles. The minimum absolute atomic E-state index is 0.263. The molecule has 1 aliphatic rings. The van der Waals surface area contributed by atoms with Gasteiger partial charge in [-0.05, 0) is 44.4 Å². The van der Waals surface area contributed by atoms with E-state index in [0.29, 0.717) is 18.0 Å². The van der Waals surface area contributed by atoms with Crippen molar-refractivity contribution in [3.63, 3.8) is 0 Å². The summed E-state index contributed by atoms with van der Waals surface area (Å²) in [6.45, 7) is 3.94. The number of fused-ring (bicyclic) bond motifs is 1. The molecule has 0 bridgehead atoms. The first kappa shape index (κ1) is 15.7. The first-order chi connectivity index (χ1) is 10.9. The van der Waals surface area contributed by atoms with Gasteiger partial charge in [0.15, 0.2) is 5.13 Å². The Balaban J connectivity index is 1.81. The summed E-state index contributed by atoms with van der Waals surface area (Å²) in [6.07, 6.45) is 2.79. The Bertz CT molecular complexity index is 809. The van der Waals surface area contributed by atoms with E-state index in [1.807, 2.05) is 38.1 Å². The first-order valence-corrected chi connectivity index (χ1v) is 8.32. The smallest absolute Gasteiger partial charge is 0.307 e. The number of benzene rings is 1. The molecule has 0 unspecified atom stereocenters. The molecule has 5 nitrogen and oxygen atoms in total. The number of hydrogen-bond donors (Lipinski definition) is 2. The van der Waals surface area contributed by atoms with E-state index >= 15 is 0 Å². The Labute approximate surface area is 138 Å². The van der Waals surface area contributed by atoms with Gasteiger partial charge in [-0.15, -0.1) is 0 Å². The molecule has 1 aromatic carbocycles. The quantitative estimate of drug-likeness (QED) is 0.843. The number of carboxylic acid groups (broad SMARTS) is 1. The number of aryl methyl sites for hydroxylation is 1. The number of carboxylic acids is 1. The summed E-state index contributed by atoms with van der Waals surface area (Å²) in [5, 5.41) is 12.7. The fourth-order valence-corrected chi connectivity index (χ4v) is 3.86. The van der Waals surface area contributed by atoms with E-state index < -0.39 is 17.8 Å². The number of rotatable bonds is 3. The van der Waals surface area contributed by atoms with Crippen LogP contribution in [0.2, 0.25) is 0 Å². The molecule has 1 heterocycles. The minimum Gasteiger partial charge on any atom is -0.481 e. The third kappa shape index (κ3) is 3.27. The number of aliphatic carboxylic acids is 1. The number of nitrogens with one attached hydrogen (secondary N) is 1. The van der Waals surface area contributed by atoms with E-state index in [4.69, 9.17) is 0 Å². The summed E-state index contributed by atoms with van der Waals surface area (Å²) in [5.41, 5.74) is 3.03. The number of thiazole rings is 1. The molecule has 0 radical (unpaired) electrons. The molecule has 1 aliphatic carbocycles. The van der Waals surface area contributed by atoms with Crippen LogP contribution in [-0.4, -0.2) is 22.0 Å². The minimum atomic E-state index is -0.922. The van der Waals surface area contributed by atoms with Gasteiger partial charge in [-0.2, -0.15) is 0 Å². The van der Waals surface area contributed by atoms with Gasteiger partial charge in [0.05, 0.1) is 22.1 Å². The highest BCUT2D eigenvalue weighted by atomic mass is 32.1. The van der Waals surface area contributed by atoms with Crippen LogP contribution in [0.15, 0.2) is 29.8 Å². The second-order valence-corrected chi connectivity index (χ2v) is 7.05. The number of nitrogens with zero attached hydrogens (tertiary/aromatic N) is 1. The largest absolute Gasteiger partial charge is 0.481 e. The van der Waals surface area contributed by atoms with Crippen molar-refractivity contribution in [3.8, 4) is 0 Å². The number of hydrogen-bond acceptors (Lipinski definition) is 4. The van der Waals surface area contributed by atoms with Gasteiger partial charge in [0, 0.05) is 0 Å². The molecule has 2 aromatic rings. The van der Waals surface area contributed by atoms with Crippen molar-refractivity contribution in [2.24, 2.45) is 11.8 Å². The van der Waals surface area contributed by atoms with Crippen molar-refractivity contribution in [1.29, 1.82) is 0 Å². The molecule has 23 heavy (non-hydrogen) atoms. The molecule has 0 spiro atoms. The Morgan fingerprint density at radius 3 is 2.83 bits per heavy atom. The lowest BCUT2D eigenvalue weighted by atomic mass is 9.79. The standard InChI is InChI=1S/C17H18N2O3S/c1-9-3-5-11(16(21)22)12(7-9)15(20)19-17-18-13-6-4-10(2)8-14(13)23-17/h3-4,6,8,11-12H,5,7H2,1-2H3,(H,21,22)(H,18,19,20)/t11-,12-/m0/s1. The molecule has 0 aliphatic heterocycles. The Kier molecular flexibility index (Phi) is 4.17. The van der Waals surface area contributed by atoms with Gasteiger partial charge >= 0.3 is 5.97 Å². The Hall–Kier alpha value is -2.21. The molecule has 0 saturated carbocycles. The molecule has 1 amide bonds. The summed E-state index contributed by atoms with van der Waals surface area (Å²) < 4.78 is 1.01. The van der Waals surface area contributed by atoms with E-state index in [1.54, 1.807) is 0 Å². The zero-order valence-corrected chi connectivity index (χ0v) is 13.8. The van der Waals surface area contributed by atoms with Crippen LogP contribution in [0.5, 0.6) is 0 Å². The van der Waals surface area contributed by atoms with Crippen molar-refractivity contribution >= 4 is 38.6 Å². The normalized spacial score (nSPS) is 21.0. The highest BCUT2D eigenvalue weighted by Gasteiger charge is 2.35. The van der Waals surface area contributed by atoms with E-state index in [9.17, 15) is 14.7 Å². The van der Waals surface area contributed by atoms with Crippen LogP contribution in [0, 0.1) is 18.8 Å². The van der Waals surface area contributed by atoms with Gasteiger partial charge in [-0.1, -0.05) is 29.1 Å². The van der Waals surface area contributed by atoms with Crippen LogP contribution in [-0.2, 0) is 9.59 Å².